The Morgan fingerprint density at radius 3 is 2.10 bits per heavy atom. The molecule has 42 heavy (non-hydrogen) atoms. The number of hydrogen-bond donors (Lipinski definition) is 3. The molecular weight excluding hydrogens is 548 g/mol. The summed E-state index contributed by atoms with van der Waals surface area (Å²) in [6, 6.07) is 0. The van der Waals surface area contributed by atoms with E-state index in [-0.39, 0.29) is 34.9 Å². The van der Waals surface area contributed by atoms with E-state index in [1.165, 1.54) is 12.0 Å². The molecule has 0 aromatic heterocycles. The lowest BCUT2D eigenvalue weighted by atomic mass is 9.78. The number of rotatable bonds is 12. The van der Waals surface area contributed by atoms with Crippen molar-refractivity contribution in [3.8, 4) is 0 Å². The second-order valence-corrected chi connectivity index (χ2v) is 15.4. The van der Waals surface area contributed by atoms with Gasteiger partial charge in [-0.15, -0.1) is 11.8 Å². The van der Waals surface area contributed by atoms with Crippen molar-refractivity contribution in [2.45, 2.75) is 141 Å². The first-order valence-electron chi connectivity index (χ1n) is 16.7. The summed E-state index contributed by atoms with van der Waals surface area (Å²) < 4.78 is 12.5. The highest BCUT2D eigenvalue weighted by atomic mass is 32.2. The summed E-state index contributed by atoms with van der Waals surface area (Å²) in [5.41, 5.74) is 1.48. The number of hydrogen-bond acceptors (Lipinski definition) is 7. The largest absolute Gasteiger partial charge is 0.469 e. The Hall–Kier alpha value is -1.28. The van der Waals surface area contributed by atoms with Crippen molar-refractivity contribution in [1.29, 1.82) is 0 Å². The maximum Gasteiger partial charge on any atom is 0.199 e. The van der Waals surface area contributed by atoms with Crippen molar-refractivity contribution in [3.05, 3.63) is 35.3 Å². The van der Waals surface area contributed by atoms with Crippen LogP contribution in [0.25, 0.3) is 0 Å². The summed E-state index contributed by atoms with van der Waals surface area (Å²) in [6.07, 6.45) is 14.8. The number of aliphatic hydroxyl groups excluding tert-OH is 3. The average Bonchev–Trinajstić information content (AvgIpc) is 2.97. The van der Waals surface area contributed by atoms with Crippen LogP contribution >= 0.6 is 11.8 Å². The molecule has 0 heterocycles. The molecule has 4 aliphatic carbocycles. The van der Waals surface area contributed by atoms with E-state index in [1.807, 2.05) is 30.8 Å². The molecule has 7 atom stereocenters. The first-order chi connectivity index (χ1) is 20.0. The number of carbonyl (C=O) groups excluding carboxylic acids is 1. The Bertz CT molecular complexity index is 974. The number of carbonyl (C=O) groups is 1. The van der Waals surface area contributed by atoms with Crippen molar-refractivity contribution in [1.82, 2.24) is 0 Å². The molecule has 0 bridgehead atoms. The molecule has 0 radical (unpaired) electrons. The van der Waals surface area contributed by atoms with E-state index in [1.54, 1.807) is 6.92 Å². The topological polar surface area (TPSA) is 96.2 Å². The molecule has 2 saturated carbocycles. The molecule has 0 aromatic carbocycles. The van der Waals surface area contributed by atoms with Gasteiger partial charge in [0.05, 0.1) is 11.4 Å². The second-order valence-electron chi connectivity index (χ2n) is 13.8. The van der Waals surface area contributed by atoms with Gasteiger partial charge in [0.15, 0.2) is 12.6 Å². The molecule has 7 heteroatoms. The Labute approximate surface area is 258 Å². The first-order valence-corrected chi connectivity index (χ1v) is 17.6. The Morgan fingerprint density at radius 1 is 0.905 bits per heavy atom. The highest BCUT2D eigenvalue weighted by Gasteiger charge is 2.35. The summed E-state index contributed by atoms with van der Waals surface area (Å²) in [7, 11) is 0. The lowest BCUT2D eigenvalue weighted by Crippen LogP contribution is -2.33. The van der Waals surface area contributed by atoms with Crippen molar-refractivity contribution in [2.75, 3.05) is 0 Å². The van der Waals surface area contributed by atoms with Gasteiger partial charge in [-0.3, -0.25) is 4.79 Å². The van der Waals surface area contributed by atoms with Crippen LogP contribution in [0.5, 0.6) is 0 Å². The predicted molar refractivity (Wildman–Crippen MR) is 169 cm³/mol. The monoisotopic (exact) mass is 604 g/mol. The maximum absolute atomic E-state index is 11.8. The van der Waals surface area contributed by atoms with Crippen molar-refractivity contribution < 1.29 is 29.6 Å². The van der Waals surface area contributed by atoms with Crippen molar-refractivity contribution in [3.63, 3.8) is 0 Å². The standard InChI is InChI=1S/C35H56O6S/c1-6-31(37)26-9-13-27(14-10-26)34(38)40-30-15-16-32(41-35(39)28-11-7-25(8-12-28)23(4)36)33(20-30)42-24(5)29-18-21(2)17-22(3)19-29/h15-16,18,21-22,24-28,31,33-35,37-39H,6-14,17,19-20H2,1-5H3. The van der Waals surface area contributed by atoms with Gasteiger partial charge >= 0.3 is 0 Å². The van der Waals surface area contributed by atoms with Gasteiger partial charge in [0.25, 0.3) is 0 Å². The Kier molecular flexibility index (Phi) is 12.5. The molecule has 238 valence electrons. The molecule has 0 amide bonds. The van der Waals surface area contributed by atoms with E-state index in [0.29, 0.717) is 29.4 Å². The zero-order chi connectivity index (χ0) is 30.4. The fourth-order valence-electron chi connectivity index (χ4n) is 7.65. The minimum Gasteiger partial charge on any atom is -0.469 e. The predicted octanol–water partition coefficient (Wildman–Crippen LogP) is 7.28. The number of allylic oxidation sites excluding steroid dienone is 4. The average molecular weight is 605 g/mol. The SMILES string of the molecule is CCC(O)C1CCC(C(O)OC2=CC=C(OC(O)C3CCC(C(C)=O)CC3)C(SC(C)C3=CC(C)CC(C)C3)C2)CC1. The fraction of sp³-hybridized carbons (Fsp3) is 0.800. The smallest absolute Gasteiger partial charge is 0.199 e. The number of ketones is 1. The maximum atomic E-state index is 11.8. The van der Waals surface area contributed by atoms with Crippen LogP contribution in [0.3, 0.4) is 0 Å². The minimum absolute atomic E-state index is 0.0251. The van der Waals surface area contributed by atoms with Gasteiger partial charge < -0.3 is 24.8 Å². The number of thioether (sulfide) groups is 1. The van der Waals surface area contributed by atoms with E-state index in [9.17, 15) is 20.1 Å². The van der Waals surface area contributed by atoms with Gasteiger partial charge in [-0.1, -0.05) is 32.4 Å². The van der Waals surface area contributed by atoms with E-state index >= 15 is 0 Å². The third kappa shape index (κ3) is 9.12. The van der Waals surface area contributed by atoms with Crippen molar-refractivity contribution in [2.24, 2.45) is 35.5 Å². The summed E-state index contributed by atoms with van der Waals surface area (Å²) in [5.74, 6) is 3.55. The van der Waals surface area contributed by atoms with Crippen LogP contribution in [0.2, 0.25) is 0 Å². The van der Waals surface area contributed by atoms with Gasteiger partial charge in [-0.05, 0) is 114 Å². The summed E-state index contributed by atoms with van der Waals surface area (Å²) in [6.45, 7) is 10.6. The molecule has 6 nitrogen and oxygen atoms in total. The van der Waals surface area contributed by atoms with Gasteiger partial charge in [0.2, 0.25) is 0 Å². The lowest BCUT2D eigenvalue weighted by Gasteiger charge is -2.36. The number of ether oxygens (including phenoxy) is 2. The van der Waals surface area contributed by atoms with Gasteiger partial charge in [-0.25, -0.2) is 0 Å². The molecule has 2 fully saturated rings. The normalized spacial score (nSPS) is 35.1. The Morgan fingerprint density at radius 2 is 1.50 bits per heavy atom. The van der Waals surface area contributed by atoms with E-state index in [2.05, 4.69) is 26.8 Å². The van der Waals surface area contributed by atoms with Crippen LogP contribution in [0, 0.1) is 35.5 Å². The first kappa shape index (κ1) is 33.6. The molecule has 0 aromatic rings. The molecule has 0 spiro atoms. The molecule has 4 aliphatic rings. The molecule has 7 unspecified atom stereocenters. The van der Waals surface area contributed by atoms with Crippen LogP contribution in [-0.4, -0.2) is 50.3 Å². The lowest BCUT2D eigenvalue weighted by molar-refractivity contribution is -0.130. The van der Waals surface area contributed by atoms with Crippen LogP contribution in [0.1, 0.15) is 112 Å². The second kappa shape index (κ2) is 15.6. The van der Waals surface area contributed by atoms with Gasteiger partial charge in [0.1, 0.15) is 17.3 Å². The van der Waals surface area contributed by atoms with Crippen LogP contribution in [0.15, 0.2) is 35.3 Å². The molecule has 3 N–H and O–H groups in total. The third-order valence-electron chi connectivity index (χ3n) is 10.3. The zero-order valence-electron chi connectivity index (χ0n) is 26.5. The summed E-state index contributed by atoms with van der Waals surface area (Å²) in [4.78, 5) is 11.8. The van der Waals surface area contributed by atoms with E-state index in [0.717, 1.165) is 75.7 Å². The van der Waals surface area contributed by atoms with Crippen LogP contribution < -0.4 is 0 Å². The zero-order valence-corrected chi connectivity index (χ0v) is 27.4. The van der Waals surface area contributed by atoms with Crippen LogP contribution in [-0.2, 0) is 14.3 Å². The molecule has 0 saturated heterocycles. The molecule has 0 aliphatic heterocycles. The fourth-order valence-corrected chi connectivity index (χ4v) is 9.03. The van der Waals surface area contributed by atoms with Gasteiger partial charge in [-0.2, -0.15) is 0 Å². The quantitative estimate of drug-likeness (QED) is 0.159. The van der Waals surface area contributed by atoms with Gasteiger partial charge in [0, 0.05) is 29.4 Å². The third-order valence-corrected chi connectivity index (χ3v) is 11.8. The summed E-state index contributed by atoms with van der Waals surface area (Å²) >= 11 is 1.86. The summed E-state index contributed by atoms with van der Waals surface area (Å²) in [5, 5.41) is 32.6. The van der Waals surface area contributed by atoms with Crippen LogP contribution in [0.4, 0.5) is 0 Å². The molecule has 4 rings (SSSR count). The highest BCUT2D eigenvalue weighted by Crippen LogP contribution is 2.42. The minimum atomic E-state index is -0.897. The molecular formula is C35H56O6S. The van der Waals surface area contributed by atoms with Crippen molar-refractivity contribution >= 4 is 17.5 Å². The number of Topliss-reactive ketones (excluding diaryl/α,β-unsaturated/α-hetero) is 1. The van der Waals surface area contributed by atoms with E-state index in [4.69, 9.17) is 9.47 Å². The number of aliphatic hydroxyl groups is 3. The highest BCUT2D eigenvalue weighted by molar-refractivity contribution is 8.00. The van der Waals surface area contributed by atoms with E-state index < -0.39 is 12.6 Å². The Balaban J connectivity index is 1.41.